The van der Waals surface area contributed by atoms with E-state index in [0.29, 0.717) is 11.8 Å². The highest BCUT2D eigenvalue weighted by atomic mass is 15.4. The zero-order valence-corrected chi connectivity index (χ0v) is 13.6. The molecule has 3 rings (SSSR count). The summed E-state index contributed by atoms with van der Waals surface area (Å²) in [6.45, 7) is 10.1. The van der Waals surface area contributed by atoms with Crippen molar-refractivity contribution in [3.05, 3.63) is 5.82 Å². The summed E-state index contributed by atoms with van der Waals surface area (Å²) in [6, 6.07) is 0.760. The third kappa shape index (κ3) is 3.23. The van der Waals surface area contributed by atoms with Crippen LogP contribution in [0.15, 0.2) is 0 Å². The molecule has 0 amide bonds. The normalized spacial score (nSPS) is 25.7. The molecular weight excluding hydrogens is 262 g/mol. The van der Waals surface area contributed by atoms with Crippen molar-refractivity contribution < 1.29 is 0 Å². The summed E-state index contributed by atoms with van der Waals surface area (Å²) in [5, 5.41) is 11.2. The van der Waals surface area contributed by atoms with E-state index in [2.05, 4.69) is 41.2 Å². The lowest BCUT2D eigenvalue weighted by Gasteiger charge is -2.34. The zero-order chi connectivity index (χ0) is 14.8. The molecule has 1 aromatic heterocycles. The molecule has 0 aromatic carbocycles. The molecule has 2 saturated heterocycles. The van der Waals surface area contributed by atoms with Gasteiger partial charge in [0.1, 0.15) is 5.82 Å². The topological polar surface area (TPSA) is 56.8 Å². The van der Waals surface area contributed by atoms with Gasteiger partial charge in [-0.3, -0.25) is 5.10 Å². The number of aromatic amines is 1. The summed E-state index contributed by atoms with van der Waals surface area (Å²) in [6.07, 6.45) is 5.24. The van der Waals surface area contributed by atoms with E-state index >= 15 is 0 Å². The van der Waals surface area contributed by atoms with Crippen LogP contribution in [-0.2, 0) is 0 Å². The number of piperidine rings is 1. The highest BCUT2D eigenvalue weighted by Crippen LogP contribution is 2.28. The van der Waals surface area contributed by atoms with Crippen LogP contribution < -0.4 is 10.2 Å². The molecule has 2 aliphatic rings. The quantitative estimate of drug-likeness (QED) is 0.895. The van der Waals surface area contributed by atoms with Gasteiger partial charge < -0.3 is 10.2 Å². The fourth-order valence-electron chi connectivity index (χ4n) is 3.54. The molecule has 0 saturated carbocycles. The number of anilines is 1. The highest BCUT2D eigenvalue weighted by Gasteiger charge is 2.29. The van der Waals surface area contributed by atoms with Gasteiger partial charge >= 0.3 is 0 Å². The lowest BCUT2D eigenvalue weighted by molar-refractivity contribution is 0.317. The monoisotopic (exact) mass is 291 g/mol. The minimum absolute atomic E-state index is 0.437. The van der Waals surface area contributed by atoms with Crippen LogP contribution in [0.25, 0.3) is 0 Å². The van der Waals surface area contributed by atoms with Gasteiger partial charge in [-0.1, -0.05) is 20.8 Å². The van der Waals surface area contributed by atoms with Gasteiger partial charge in [0.15, 0.2) is 0 Å². The molecule has 2 unspecified atom stereocenters. The van der Waals surface area contributed by atoms with E-state index in [1.165, 1.54) is 32.2 Å². The Morgan fingerprint density at radius 2 is 1.90 bits per heavy atom. The number of aromatic nitrogens is 3. The molecule has 0 spiro atoms. The second-order valence-electron chi connectivity index (χ2n) is 7.08. The third-order valence-corrected chi connectivity index (χ3v) is 5.41. The largest absolute Gasteiger partial charge is 0.340 e. The minimum atomic E-state index is 0.437. The van der Waals surface area contributed by atoms with Crippen molar-refractivity contribution in [3.63, 3.8) is 0 Å². The second kappa shape index (κ2) is 6.34. The molecule has 1 aromatic rings. The number of H-pyrrole nitrogens is 1. The first-order valence-corrected chi connectivity index (χ1v) is 8.55. The highest BCUT2D eigenvalue weighted by molar-refractivity contribution is 5.30. The molecule has 2 atom stereocenters. The van der Waals surface area contributed by atoms with E-state index in [9.17, 15) is 0 Å². The van der Waals surface area contributed by atoms with Crippen LogP contribution in [0.1, 0.15) is 58.2 Å². The maximum Gasteiger partial charge on any atom is 0.244 e. The van der Waals surface area contributed by atoms with E-state index in [1.54, 1.807) is 0 Å². The van der Waals surface area contributed by atoms with Gasteiger partial charge in [-0.15, -0.1) is 5.10 Å². The van der Waals surface area contributed by atoms with Crippen LogP contribution in [0.2, 0.25) is 0 Å². The Labute approximate surface area is 127 Å². The molecular formula is C16H29N5. The summed E-state index contributed by atoms with van der Waals surface area (Å²) in [4.78, 5) is 7.07. The average molecular weight is 291 g/mol. The van der Waals surface area contributed by atoms with Crippen molar-refractivity contribution >= 4 is 5.95 Å². The Kier molecular flexibility index (Phi) is 4.48. The first-order valence-electron chi connectivity index (χ1n) is 8.55. The number of rotatable bonds is 4. The number of nitrogens with one attached hydrogen (secondary N) is 2. The van der Waals surface area contributed by atoms with Gasteiger partial charge in [0.05, 0.1) is 0 Å². The van der Waals surface area contributed by atoms with Gasteiger partial charge in [-0.05, 0) is 44.1 Å². The molecule has 0 bridgehead atoms. The maximum absolute atomic E-state index is 4.72. The SMILES string of the molecule is CC(C)C(C)c1nc(N2CCC(C3CCCN3)CC2)n[nH]1. The Morgan fingerprint density at radius 1 is 1.14 bits per heavy atom. The van der Waals surface area contributed by atoms with Gasteiger partial charge in [0.2, 0.25) is 5.95 Å². The summed E-state index contributed by atoms with van der Waals surface area (Å²) in [5.74, 6) is 3.79. The van der Waals surface area contributed by atoms with Gasteiger partial charge in [-0.2, -0.15) is 4.98 Å². The molecule has 2 N–H and O–H groups in total. The first-order chi connectivity index (χ1) is 10.1. The number of hydrogen-bond donors (Lipinski definition) is 2. The predicted molar refractivity (Wildman–Crippen MR) is 85.6 cm³/mol. The third-order valence-electron chi connectivity index (χ3n) is 5.41. The van der Waals surface area contributed by atoms with Crippen molar-refractivity contribution in [2.45, 2.75) is 58.4 Å². The Morgan fingerprint density at radius 3 is 2.52 bits per heavy atom. The summed E-state index contributed by atoms with van der Waals surface area (Å²) in [5.41, 5.74) is 0. The van der Waals surface area contributed by atoms with Gasteiger partial charge in [-0.25, -0.2) is 0 Å². The fourth-order valence-corrected chi connectivity index (χ4v) is 3.54. The van der Waals surface area contributed by atoms with Crippen LogP contribution in [-0.4, -0.2) is 40.9 Å². The summed E-state index contributed by atoms with van der Waals surface area (Å²) in [7, 11) is 0. The average Bonchev–Trinajstić information content (AvgIpc) is 3.18. The van der Waals surface area contributed by atoms with E-state index in [1.807, 2.05) is 0 Å². The van der Waals surface area contributed by atoms with Crippen LogP contribution in [0.5, 0.6) is 0 Å². The van der Waals surface area contributed by atoms with Crippen LogP contribution in [0.3, 0.4) is 0 Å². The zero-order valence-electron chi connectivity index (χ0n) is 13.6. The van der Waals surface area contributed by atoms with Gasteiger partial charge in [0, 0.05) is 25.0 Å². The number of nitrogens with zero attached hydrogens (tertiary/aromatic N) is 3. The molecule has 118 valence electrons. The standard InChI is InChI=1S/C16H29N5/c1-11(2)12(3)15-18-16(20-19-15)21-9-6-13(7-10-21)14-5-4-8-17-14/h11-14,17H,4-10H2,1-3H3,(H,18,19,20). The molecule has 0 radical (unpaired) electrons. The number of hydrogen-bond acceptors (Lipinski definition) is 4. The lowest BCUT2D eigenvalue weighted by atomic mass is 9.89. The van der Waals surface area contributed by atoms with Crippen molar-refractivity contribution in [2.24, 2.45) is 11.8 Å². The summed E-state index contributed by atoms with van der Waals surface area (Å²) < 4.78 is 0. The fraction of sp³-hybridized carbons (Fsp3) is 0.875. The van der Waals surface area contributed by atoms with E-state index < -0.39 is 0 Å². The van der Waals surface area contributed by atoms with E-state index in [-0.39, 0.29) is 0 Å². The second-order valence-corrected chi connectivity index (χ2v) is 7.08. The molecule has 5 nitrogen and oxygen atoms in total. The minimum Gasteiger partial charge on any atom is -0.340 e. The van der Waals surface area contributed by atoms with E-state index in [0.717, 1.165) is 36.8 Å². The molecule has 2 fully saturated rings. The van der Waals surface area contributed by atoms with Crippen molar-refractivity contribution in [3.8, 4) is 0 Å². The molecule has 0 aliphatic carbocycles. The van der Waals surface area contributed by atoms with Crippen molar-refractivity contribution in [1.29, 1.82) is 0 Å². The maximum atomic E-state index is 4.72. The lowest BCUT2D eigenvalue weighted by Crippen LogP contribution is -2.41. The van der Waals surface area contributed by atoms with Gasteiger partial charge in [0.25, 0.3) is 0 Å². The smallest absolute Gasteiger partial charge is 0.244 e. The first kappa shape index (κ1) is 14.8. The molecule has 3 heterocycles. The van der Waals surface area contributed by atoms with Crippen molar-refractivity contribution in [1.82, 2.24) is 20.5 Å². The van der Waals surface area contributed by atoms with E-state index in [4.69, 9.17) is 4.98 Å². The summed E-state index contributed by atoms with van der Waals surface area (Å²) >= 11 is 0. The molecule has 5 heteroatoms. The van der Waals surface area contributed by atoms with Crippen LogP contribution in [0, 0.1) is 11.8 Å². The Bertz CT molecular complexity index is 441. The molecule has 21 heavy (non-hydrogen) atoms. The molecule has 2 aliphatic heterocycles. The van der Waals surface area contributed by atoms with Crippen LogP contribution >= 0.6 is 0 Å². The van der Waals surface area contributed by atoms with Crippen LogP contribution in [0.4, 0.5) is 5.95 Å². The Hall–Kier alpha value is -1.10. The van der Waals surface area contributed by atoms with Crippen molar-refractivity contribution in [2.75, 3.05) is 24.5 Å². The predicted octanol–water partition coefficient (Wildman–Crippen LogP) is 2.53. The Balaban J connectivity index is 1.56.